The summed E-state index contributed by atoms with van der Waals surface area (Å²) in [5.74, 6) is 0.572. The van der Waals surface area contributed by atoms with Crippen molar-refractivity contribution in [2.75, 3.05) is 13.6 Å². The number of amides is 2. The Morgan fingerprint density at radius 3 is 2.76 bits per heavy atom. The Morgan fingerprint density at radius 2 is 2.04 bits per heavy atom. The standard InChI is InChI=1S/C20H24N2O3/c1-3-7-18-16(11-13-25-18)19(23)21(2)17-10-12-22(20(17)24)14-15-8-5-4-6-9-15/h4-6,8-9,11,13,17H,3,7,10,12,14H2,1-2H3/t17-/m1/s1. The second-order valence-corrected chi connectivity index (χ2v) is 6.47. The average Bonchev–Trinajstić information content (AvgIpc) is 3.22. The van der Waals surface area contributed by atoms with Crippen LogP contribution in [0.5, 0.6) is 0 Å². The molecular formula is C20H24N2O3. The van der Waals surface area contributed by atoms with E-state index in [9.17, 15) is 9.59 Å². The van der Waals surface area contributed by atoms with Gasteiger partial charge in [0.2, 0.25) is 5.91 Å². The summed E-state index contributed by atoms with van der Waals surface area (Å²) in [7, 11) is 1.71. The Hall–Kier alpha value is -2.56. The van der Waals surface area contributed by atoms with Gasteiger partial charge in [-0.15, -0.1) is 0 Å². The Balaban J connectivity index is 1.68. The highest BCUT2D eigenvalue weighted by atomic mass is 16.3. The molecule has 2 heterocycles. The van der Waals surface area contributed by atoms with Gasteiger partial charge in [0.15, 0.2) is 0 Å². The normalized spacial score (nSPS) is 17.1. The lowest BCUT2D eigenvalue weighted by Gasteiger charge is -2.24. The van der Waals surface area contributed by atoms with E-state index in [1.807, 2.05) is 42.2 Å². The second-order valence-electron chi connectivity index (χ2n) is 6.47. The molecule has 132 valence electrons. The predicted molar refractivity (Wildman–Crippen MR) is 95.1 cm³/mol. The zero-order valence-corrected chi connectivity index (χ0v) is 14.8. The minimum atomic E-state index is -0.402. The molecule has 1 aromatic carbocycles. The van der Waals surface area contributed by atoms with Crippen LogP contribution in [0, 0.1) is 0 Å². The number of likely N-dealkylation sites (N-methyl/N-ethyl adjacent to an activating group) is 1. The van der Waals surface area contributed by atoms with Crippen LogP contribution in [-0.4, -0.2) is 41.2 Å². The molecule has 1 aliphatic heterocycles. The van der Waals surface area contributed by atoms with Gasteiger partial charge in [0.25, 0.3) is 5.91 Å². The molecule has 0 bridgehead atoms. The van der Waals surface area contributed by atoms with E-state index in [1.165, 1.54) is 0 Å². The van der Waals surface area contributed by atoms with Crippen molar-refractivity contribution in [2.45, 2.75) is 38.8 Å². The summed E-state index contributed by atoms with van der Waals surface area (Å²) in [6, 6.07) is 11.2. The zero-order chi connectivity index (χ0) is 17.8. The van der Waals surface area contributed by atoms with Crippen LogP contribution >= 0.6 is 0 Å². The fourth-order valence-electron chi connectivity index (χ4n) is 3.33. The highest BCUT2D eigenvalue weighted by molar-refractivity contribution is 5.98. The van der Waals surface area contributed by atoms with Crippen molar-refractivity contribution < 1.29 is 14.0 Å². The number of benzene rings is 1. The van der Waals surface area contributed by atoms with E-state index in [4.69, 9.17) is 4.42 Å². The highest BCUT2D eigenvalue weighted by Gasteiger charge is 2.37. The number of likely N-dealkylation sites (tertiary alicyclic amines) is 1. The Labute approximate surface area is 148 Å². The molecule has 0 aliphatic carbocycles. The van der Waals surface area contributed by atoms with Crippen molar-refractivity contribution in [3.63, 3.8) is 0 Å². The molecule has 0 spiro atoms. The van der Waals surface area contributed by atoms with Crippen molar-refractivity contribution in [1.29, 1.82) is 0 Å². The van der Waals surface area contributed by atoms with Gasteiger partial charge in [0, 0.05) is 26.6 Å². The third-order valence-corrected chi connectivity index (χ3v) is 4.73. The molecule has 0 radical (unpaired) electrons. The van der Waals surface area contributed by atoms with Gasteiger partial charge in [0.05, 0.1) is 11.8 Å². The number of carbonyl (C=O) groups is 2. The monoisotopic (exact) mass is 340 g/mol. The van der Waals surface area contributed by atoms with E-state index in [0.717, 1.165) is 18.4 Å². The molecule has 1 saturated heterocycles. The van der Waals surface area contributed by atoms with Crippen LogP contribution in [-0.2, 0) is 17.8 Å². The van der Waals surface area contributed by atoms with Gasteiger partial charge >= 0.3 is 0 Å². The molecule has 0 saturated carbocycles. The molecule has 1 atom stereocenters. The van der Waals surface area contributed by atoms with Gasteiger partial charge in [-0.3, -0.25) is 9.59 Å². The fourth-order valence-corrected chi connectivity index (χ4v) is 3.33. The lowest BCUT2D eigenvalue weighted by Crippen LogP contribution is -2.42. The minimum Gasteiger partial charge on any atom is -0.469 e. The molecule has 2 amide bonds. The summed E-state index contributed by atoms with van der Waals surface area (Å²) < 4.78 is 5.42. The van der Waals surface area contributed by atoms with Crippen LogP contribution < -0.4 is 0 Å². The van der Waals surface area contributed by atoms with Crippen molar-refractivity contribution in [2.24, 2.45) is 0 Å². The lowest BCUT2D eigenvalue weighted by atomic mass is 10.1. The average molecular weight is 340 g/mol. The Morgan fingerprint density at radius 1 is 1.28 bits per heavy atom. The number of furan rings is 1. The van der Waals surface area contributed by atoms with Crippen LogP contribution in [0.3, 0.4) is 0 Å². The number of hydrogen-bond donors (Lipinski definition) is 0. The summed E-state index contributed by atoms with van der Waals surface area (Å²) in [4.78, 5) is 28.9. The highest BCUT2D eigenvalue weighted by Crippen LogP contribution is 2.22. The van der Waals surface area contributed by atoms with Gasteiger partial charge in [-0.1, -0.05) is 37.3 Å². The molecule has 5 nitrogen and oxygen atoms in total. The van der Waals surface area contributed by atoms with Crippen LogP contribution in [0.1, 0.15) is 41.4 Å². The smallest absolute Gasteiger partial charge is 0.257 e. The molecule has 0 N–H and O–H groups in total. The number of rotatable bonds is 6. The maximum absolute atomic E-state index is 12.8. The number of hydrogen-bond acceptors (Lipinski definition) is 3. The summed E-state index contributed by atoms with van der Waals surface area (Å²) >= 11 is 0. The quantitative estimate of drug-likeness (QED) is 0.812. The van der Waals surface area contributed by atoms with Crippen LogP contribution in [0.15, 0.2) is 47.1 Å². The Kier molecular flexibility index (Phi) is 5.22. The molecule has 0 unspecified atom stereocenters. The molecular weight excluding hydrogens is 316 g/mol. The fraction of sp³-hybridized carbons (Fsp3) is 0.400. The van der Waals surface area contributed by atoms with E-state index in [2.05, 4.69) is 0 Å². The lowest BCUT2D eigenvalue weighted by molar-refractivity contribution is -0.131. The van der Waals surface area contributed by atoms with Gasteiger partial charge in [-0.2, -0.15) is 0 Å². The maximum Gasteiger partial charge on any atom is 0.257 e. The molecule has 1 fully saturated rings. The first-order valence-corrected chi connectivity index (χ1v) is 8.78. The van der Waals surface area contributed by atoms with Crippen molar-refractivity contribution in [3.8, 4) is 0 Å². The van der Waals surface area contributed by atoms with Crippen molar-refractivity contribution in [3.05, 3.63) is 59.5 Å². The first-order chi connectivity index (χ1) is 12.1. The third-order valence-electron chi connectivity index (χ3n) is 4.73. The van der Waals surface area contributed by atoms with E-state index in [1.54, 1.807) is 24.3 Å². The number of carbonyl (C=O) groups excluding carboxylic acids is 2. The topological polar surface area (TPSA) is 53.8 Å². The number of nitrogens with zero attached hydrogens (tertiary/aromatic N) is 2. The second kappa shape index (κ2) is 7.55. The van der Waals surface area contributed by atoms with Crippen LogP contribution in [0.25, 0.3) is 0 Å². The largest absolute Gasteiger partial charge is 0.469 e. The third kappa shape index (κ3) is 3.60. The minimum absolute atomic E-state index is 0.0141. The van der Waals surface area contributed by atoms with E-state index in [0.29, 0.717) is 30.8 Å². The summed E-state index contributed by atoms with van der Waals surface area (Å²) in [6.45, 7) is 3.30. The summed E-state index contributed by atoms with van der Waals surface area (Å²) in [6.07, 6.45) is 3.84. The molecule has 1 aromatic heterocycles. The van der Waals surface area contributed by atoms with Crippen LogP contribution in [0.4, 0.5) is 0 Å². The summed E-state index contributed by atoms with van der Waals surface area (Å²) in [5.41, 5.74) is 1.67. The predicted octanol–water partition coefficient (Wildman–Crippen LogP) is 3.11. The van der Waals surface area contributed by atoms with Gasteiger partial charge < -0.3 is 14.2 Å². The zero-order valence-electron chi connectivity index (χ0n) is 14.8. The number of aryl methyl sites for hydroxylation is 1. The van der Waals surface area contributed by atoms with Gasteiger partial charge in [0.1, 0.15) is 11.8 Å². The van der Waals surface area contributed by atoms with E-state index >= 15 is 0 Å². The molecule has 3 rings (SSSR count). The van der Waals surface area contributed by atoms with Gasteiger partial charge in [-0.25, -0.2) is 0 Å². The van der Waals surface area contributed by atoms with E-state index < -0.39 is 6.04 Å². The van der Waals surface area contributed by atoms with Crippen molar-refractivity contribution in [1.82, 2.24) is 9.80 Å². The SMILES string of the molecule is CCCc1occc1C(=O)N(C)[C@@H]1CCN(Cc2ccccc2)C1=O. The van der Waals surface area contributed by atoms with Gasteiger partial charge in [-0.05, 0) is 24.5 Å². The first kappa shape index (κ1) is 17.3. The van der Waals surface area contributed by atoms with Crippen molar-refractivity contribution >= 4 is 11.8 Å². The molecule has 25 heavy (non-hydrogen) atoms. The molecule has 5 heteroatoms. The van der Waals surface area contributed by atoms with Crippen LogP contribution in [0.2, 0.25) is 0 Å². The van der Waals surface area contributed by atoms with E-state index in [-0.39, 0.29) is 11.8 Å². The Bertz CT molecular complexity index is 738. The maximum atomic E-state index is 12.8. The summed E-state index contributed by atoms with van der Waals surface area (Å²) in [5, 5.41) is 0. The first-order valence-electron chi connectivity index (χ1n) is 8.78. The molecule has 1 aliphatic rings. The molecule has 2 aromatic rings.